The topological polar surface area (TPSA) is 101 Å². The number of anilines is 1. The Labute approximate surface area is 249 Å². The van der Waals surface area contributed by atoms with Crippen molar-refractivity contribution in [2.75, 3.05) is 57.3 Å². The van der Waals surface area contributed by atoms with Gasteiger partial charge in [-0.15, -0.1) is 11.3 Å². The predicted molar refractivity (Wildman–Crippen MR) is 168 cm³/mol. The third kappa shape index (κ3) is 5.79. The van der Waals surface area contributed by atoms with Crippen LogP contribution in [-0.2, 0) is 4.79 Å². The molecule has 2 aromatic heterocycles. The molecule has 220 valence electrons. The maximum absolute atomic E-state index is 13.5. The number of ether oxygens (including phenoxy) is 1. The molecule has 0 radical (unpaired) electrons. The number of benzene rings is 2. The molecule has 2 aliphatic heterocycles. The zero-order valence-electron chi connectivity index (χ0n) is 23.7. The monoisotopic (exact) mass is 587 g/mol. The number of unbranched alkanes of at least 4 members (excludes halogenated alkanes) is 1. The van der Waals surface area contributed by atoms with E-state index in [1.807, 2.05) is 12.1 Å². The van der Waals surface area contributed by atoms with Gasteiger partial charge in [0.2, 0.25) is 0 Å². The van der Waals surface area contributed by atoms with Crippen molar-refractivity contribution in [3.63, 3.8) is 0 Å². The van der Waals surface area contributed by atoms with E-state index in [-0.39, 0.29) is 12.3 Å². The van der Waals surface area contributed by atoms with Gasteiger partial charge < -0.3 is 20.3 Å². The number of nitrogens with zero attached hydrogens (tertiary/aromatic N) is 4. The maximum atomic E-state index is 13.5. The van der Waals surface area contributed by atoms with Gasteiger partial charge in [0.25, 0.3) is 5.56 Å². The first-order valence-electron chi connectivity index (χ1n) is 14.8. The number of piperazine rings is 1. The van der Waals surface area contributed by atoms with Crippen molar-refractivity contribution in [1.82, 2.24) is 14.4 Å². The zero-order chi connectivity index (χ0) is 29.1. The summed E-state index contributed by atoms with van der Waals surface area (Å²) in [5, 5.41) is 4.27. The first-order valence-corrected chi connectivity index (χ1v) is 15.7. The minimum Gasteiger partial charge on any atom is -0.494 e. The van der Waals surface area contributed by atoms with Crippen LogP contribution >= 0.6 is 11.3 Å². The number of carbonyl (C=O) groups excluding carboxylic acids is 2. The highest BCUT2D eigenvalue weighted by Gasteiger charge is 2.34. The molecule has 10 heteroatoms. The molecule has 0 aliphatic carbocycles. The molecule has 2 fully saturated rings. The maximum Gasteiger partial charge on any atom is 0.332 e. The lowest BCUT2D eigenvalue weighted by molar-refractivity contribution is -0.121. The van der Waals surface area contributed by atoms with Crippen molar-refractivity contribution >= 4 is 49.8 Å². The van der Waals surface area contributed by atoms with Crippen LogP contribution in [0.2, 0.25) is 0 Å². The summed E-state index contributed by atoms with van der Waals surface area (Å²) in [4.78, 5) is 45.1. The van der Waals surface area contributed by atoms with Crippen molar-refractivity contribution in [3.8, 4) is 5.75 Å². The number of hydrogen-bond acceptors (Lipinski definition) is 8. The highest BCUT2D eigenvalue weighted by Crippen LogP contribution is 2.31. The third-order valence-corrected chi connectivity index (χ3v) is 9.34. The number of rotatable bonds is 9. The first kappa shape index (κ1) is 28.4. The fourth-order valence-electron chi connectivity index (χ4n) is 6.19. The molecule has 1 atom stereocenters. The first-order chi connectivity index (χ1) is 20.5. The molecular weight excluding hydrogens is 550 g/mol. The summed E-state index contributed by atoms with van der Waals surface area (Å²) in [6, 6.07) is 16.3. The van der Waals surface area contributed by atoms with Gasteiger partial charge in [-0.05, 0) is 79.4 Å². The van der Waals surface area contributed by atoms with E-state index in [2.05, 4.69) is 39.4 Å². The average molecular weight is 588 g/mol. The second kappa shape index (κ2) is 12.6. The van der Waals surface area contributed by atoms with E-state index in [0.29, 0.717) is 37.3 Å². The number of pyridine rings is 1. The highest BCUT2D eigenvalue weighted by atomic mass is 32.1. The Morgan fingerprint density at radius 2 is 1.81 bits per heavy atom. The number of hydrogen-bond donors (Lipinski definition) is 1. The van der Waals surface area contributed by atoms with Crippen LogP contribution in [0.25, 0.3) is 21.0 Å². The van der Waals surface area contributed by atoms with E-state index in [4.69, 9.17) is 10.5 Å². The number of carbonyl (C=O) groups is 2. The van der Waals surface area contributed by atoms with Crippen LogP contribution in [0.1, 0.15) is 25.7 Å². The van der Waals surface area contributed by atoms with Crippen LogP contribution < -0.4 is 20.9 Å². The van der Waals surface area contributed by atoms with Crippen LogP contribution in [0.5, 0.6) is 5.75 Å². The number of fused-ring (bicyclic) bond motifs is 2. The van der Waals surface area contributed by atoms with Gasteiger partial charge in [0.1, 0.15) is 5.75 Å². The van der Waals surface area contributed by atoms with Gasteiger partial charge in [0.15, 0.2) is 5.78 Å². The Morgan fingerprint density at radius 3 is 2.64 bits per heavy atom. The molecule has 1 unspecified atom stereocenters. The second-order valence-electron chi connectivity index (χ2n) is 11.0. The number of likely N-dealkylation sites (tertiary alicyclic amines) is 1. The molecule has 4 aromatic rings. The van der Waals surface area contributed by atoms with Crippen LogP contribution in [0, 0.1) is 0 Å². The number of thiophene rings is 1. The van der Waals surface area contributed by atoms with Crippen molar-refractivity contribution in [3.05, 3.63) is 70.3 Å². The molecule has 2 saturated heterocycles. The van der Waals surface area contributed by atoms with E-state index in [0.717, 1.165) is 55.5 Å². The molecule has 2 N–H and O–H groups in total. The summed E-state index contributed by atoms with van der Waals surface area (Å²) < 4.78 is 8.55. The fourth-order valence-corrected chi connectivity index (χ4v) is 7.00. The summed E-state index contributed by atoms with van der Waals surface area (Å²) in [5.74, 6) is 0.429. The van der Waals surface area contributed by atoms with Crippen LogP contribution in [0.3, 0.4) is 0 Å². The van der Waals surface area contributed by atoms with Crippen molar-refractivity contribution in [2.45, 2.75) is 31.7 Å². The Kier molecular flexibility index (Phi) is 8.55. The van der Waals surface area contributed by atoms with Crippen molar-refractivity contribution in [1.29, 1.82) is 0 Å². The summed E-state index contributed by atoms with van der Waals surface area (Å²) in [5.41, 5.74) is 6.96. The quantitative estimate of drug-likeness (QED) is 0.294. The Bertz CT molecular complexity index is 1640. The smallest absolute Gasteiger partial charge is 0.332 e. The molecule has 4 heterocycles. The Balaban J connectivity index is 1.02. The lowest BCUT2D eigenvalue weighted by atomic mass is 10.1. The van der Waals surface area contributed by atoms with Gasteiger partial charge in [-0.25, -0.2) is 9.36 Å². The summed E-state index contributed by atoms with van der Waals surface area (Å²) in [7, 11) is 0. The van der Waals surface area contributed by atoms with E-state index in [1.165, 1.54) is 26.7 Å². The number of ketones is 1. The lowest BCUT2D eigenvalue weighted by Crippen LogP contribution is -2.47. The van der Waals surface area contributed by atoms with Gasteiger partial charge in [-0.2, -0.15) is 0 Å². The molecule has 9 nitrogen and oxygen atoms in total. The summed E-state index contributed by atoms with van der Waals surface area (Å²) in [6.07, 6.45) is 3.21. The highest BCUT2D eigenvalue weighted by molar-refractivity contribution is 7.17. The van der Waals surface area contributed by atoms with Crippen LogP contribution in [0.15, 0.2) is 64.8 Å². The summed E-state index contributed by atoms with van der Waals surface area (Å²) >= 11 is 1.79. The second-order valence-corrected chi connectivity index (χ2v) is 12.0. The minimum absolute atomic E-state index is 0.126. The molecule has 0 bridgehead atoms. The van der Waals surface area contributed by atoms with E-state index < -0.39 is 17.6 Å². The van der Waals surface area contributed by atoms with Gasteiger partial charge >= 0.3 is 6.03 Å². The van der Waals surface area contributed by atoms with E-state index >= 15 is 0 Å². The molecule has 1 amide bonds. The van der Waals surface area contributed by atoms with E-state index in [1.54, 1.807) is 23.5 Å². The Hall–Kier alpha value is -3.73. The van der Waals surface area contributed by atoms with Crippen LogP contribution in [-0.4, -0.2) is 84.6 Å². The fraction of sp³-hybridized carbons (Fsp3) is 0.406. The molecular formula is C32H37N5O4S. The average Bonchev–Trinajstić information content (AvgIpc) is 3.71. The molecule has 0 spiro atoms. The van der Waals surface area contributed by atoms with Gasteiger partial charge in [0, 0.05) is 60.6 Å². The zero-order valence-corrected chi connectivity index (χ0v) is 24.6. The van der Waals surface area contributed by atoms with Crippen molar-refractivity contribution < 1.29 is 14.3 Å². The molecule has 2 aromatic carbocycles. The lowest BCUT2D eigenvalue weighted by Gasteiger charge is -2.36. The molecule has 42 heavy (non-hydrogen) atoms. The van der Waals surface area contributed by atoms with Gasteiger partial charge in [-0.1, -0.05) is 6.07 Å². The van der Waals surface area contributed by atoms with E-state index in [9.17, 15) is 14.4 Å². The molecule has 2 aliphatic rings. The minimum atomic E-state index is -0.581. The summed E-state index contributed by atoms with van der Waals surface area (Å²) in [6.45, 7) is 6.04. The standard InChI is InChI=1S/C32H37N5O4S/c33-22-29(38)27-6-4-14-36(27)32(40)37-28-21-24(10-8-23(28)9-11-31(37)39)41-19-2-1-13-34-15-17-35(18-16-34)26-5-3-7-30-25(26)12-20-42-30/h3,5,7-12,20-21,27H,1-2,4,6,13-19,22,33H2. The largest absolute Gasteiger partial charge is 0.494 e. The number of amides is 1. The number of Topliss-reactive ketones (excluding diaryl/α,β-unsaturated/α-hetero) is 1. The van der Waals surface area contributed by atoms with Gasteiger partial charge in [-0.3, -0.25) is 14.5 Å². The number of nitrogens with two attached hydrogens (primary N) is 1. The number of aromatic nitrogens is 1. The van der Waals surface area contributed by atoms with Gasteiger partial charge in [0.05, 0.1) is 24.7 Å². The molecule has 6 rings (SSSR count). The van der Waals surface area contributed by atoms with Crippen LogP contribution in [0.4, 0.5) is 10.5 Å². The van der Waals surface area contributed by atoms with Crippen molar-refractivity contribution in [2.24, 2.45) is 5.73 Å². The third-order valence-electron chi connectivity index (χ3n) is 8.45. The normalized spacial score (nSPS) is 17.8. The molecule has 0 saturated carbocycles. The Morgan fingerprint density at radius 1 is 0.976 bits per heavy atom. The SMILES string of the molecule is NCC(=O)C1CCCN1C(=O)n1c(=O)ccc2ccc(OCCCCN3CCN(c4cccc5sccc45)CC3)cc21. The predicted octanol–water partition coefficient (Wildman–Crippen LogP) is 4.16.